The molecule has 9 heteroatoms. The monoisotopic (exact) mass is 307 g/mol. The fourth-order valence-electron chi connectivity index (χ4n) is 0.288. The van der Waals surface area contributed by atoms with Crippen molar-refractivity contribution in [3.05, 3.63) is 0 Å². The van der Waals surface area contributed by atoms with E-state index in [0.717, 1.165) is 0 Å². The molecule has 3 nitrogen and oxygen atoms in total. The zero-order chi connectivity index (χ0) is 10.9. The normalized spacial score (nSPS) is 15.3. The molecule has 0 aliphatic rings. The highest BCUT2D eigenvalue weighted by Crippen LogP contribution is 2.31. The van der Waals surface area contributed by atoms with E-state index in [4.69, 9.17) is 74.7 Å². The van der Waals surface area contributed by atoms with Gasteiger partial charge < -0.3 is 10.4 Å². The molecule has 0 aliphatic heterocycles. The lowest BCUT2D eigenvalue weighted by atomic mass is 10.5. The number of nitrogens with one attached hydrogen (secondary N) is 1. The Morgan fingerprint density at radius 2 is 1.54 bits per heavy atom. The van der Waals surface area contributed by atoms with E-state index in [2.05, 4.69) is 0 Å². The number of carbonyl (C=O) groups excluding carboxylic acids is 1. The van der Waals surface area contributed by atoms with Crippen molar-refractivity contribution in [3.63, 3.8) is 0 Å². The Morgan fingerprint density at radius 1 is 1.15 bits per heavy atom. The molecule has 2 N–H and O–H groups in total. The minimum atomic E-state index is -2.21. The van der Waals surface area contributed by atoms with Crippen molar-refractivity contribution in [2.24, 2.45) is 0 Å². The first-order valence-corrected chi connectivity index (χ1v) is 4.94. The molecule has 0 aromatic heterocycles. The number of halogens is 6. The number of hydrogen-bond donors (Lipinski definition) is 2. The van der Waals surface area contributed by atoms with Gasteiger partial charge in [0.2, 0.25) is 3.79 Å². The Hall–Kier alpha value is 1.17. The molecule has 0 saturated carbocycles. The van der Waals surface area contributed by atoms with Crippen LogP contribution in [0, 0.1) is 0 Å². The SMILES string of the molecule is O=C(N[C@H](O)C(Cl)(Cl)Cl)C(Cl)(Cl)Cl. The van der Waals surface area contributed by atoms with Gasteiger partial charge in [-0.1, -0.05) is 69.6 Å². The van der Waals surface area contributed by atoms with E-state index >= 15 is 0 Å². The van der Waals surface area contributed by atoms with Crippen LogP contribution in [0.3, 0.4) is 0 Å². The van der Waals surface area contributed by atoms with Crippen LogP contribution < -0.4 is 5.32 Å². The third-order valence-electron chi connectivity index (χ3n) is 0.835. The maximum atomic E-state index is 10.9. The van der Waals surface area contributed by atoms with Crippen molar-refractivity contribution in [2.45, 2.75) is 13.8 Å². The van der Waals surface area contributed by atoms with Crippen molar-refractivity contribution in [1.29, 1.82) is 0 Å². The maximum Gasteiger partial charge on any atom is 0.274 e. The fraction of sp³-hybridized carbons (Fsp3) is 0.750. The molecule has 0 unspecified atom stereocenters. The van der Waals surface area contributed by atoms with E-state index in [1.54, 1.807) is 5.32 Å². The molecule has 0 radical (unpaired) electrons. The average molecular weight is 310 g/mol. The number of carbonyl (C=O) groups is 1. The Bertz CT molecular complexity index is 196. The molecule has 0 aliphatic carbocycles. The standard InChI is InChI=1S/C4H3Cl6NO2/c5-3(6,7)1(12)11-2(13)4(8,9)10/h1,12H,(H,11,13)/t1-/m1/s1. The van der Waals surface area contributed by atoms with Gasteiger partial charge in [-0.25, -0.2) is 0 Å². The molecule has 1 atom stereocenters. The van der Waals surface area contributed by atoms with Gasteiger partial charge in [-0.2, -0.15) is 0 Å². The summed E-state index contributed by atoms with van der Waals surface area (Å²) >= 11 is 31.1. The zero-order valence-corrected chi connectivity index (χ0v) is 10.2. The quantitative estimate of drug-likeness (QED) is 0.576. The fourth-order valence-corrected chi connectivity index (χ4v) is 0.615. The van der Waals surface area contributed by atoms with E-state index in [1.807, 2.05) is 0 Å². The highest BCUT2D eigenvalue weighted by Gasteiger charge is 2.38. The van der Waals surface area contributed by atoms with Crippen LogP contribution in [-0.4, -0.2) is 24.8 Å². The molecule has 0 rings (SSSR count). The molecule has 0 spiro atoms. The van der Waals surface area contributed by atoms with Crippen molar-refractivity contribution < 1.29 is 9.90 Å². The van der Waals surface area contributed by atoms with E-state index < -0.39 is 19.7 Å². The summed E-state index contributed by atoms with van der Waals surface area (Å²) in [6.45, 7) is 0. The largest absolute Gasteiger partial charge is 0.369 e. The van der Waals surface area contributed by atoms with Gasteiger partial charge >= 0.3 is 0 Å². The zero-order valence-electron chi connectivity index (χ0n) is 5.70. The van der Waals surface area contributed by atoms with Gasteiger partial charge in [0.05, 0.1) is 0 Å². The summed E-state index contributed by atoms with van der Waals surface area (Å²) in [5, 5.41) is 10.8. The van der Waals surface area contributed by atoms with Crippen LogP contribution in [0.5, 0.6) is 0 Å². The van der Waals surface area contributed by atoms with E-state index in [-0.39, 0.29) is 0 Å². The molecule has 0 saturated heterocycles. The van der Waals surface area contributed by atoms with E-state index in [9.17, 15) is 4.79 Å². The number of amides is 1. The highest BCUT2D eigenvalue weighted by atomic mass is 35.6. The lowest BCUT2D eigenvalue weighted by Crippen LogP contribution is -2.47. The van der Waals surface area contributed by atoms with Gasteiger partial charge in [0, 0.05) is 0 Å². The van der Waals surface area contributed by atoms with Crippen LogP contribution in [-0.2, 0) is 4.79 Å². The summed E-state index contributed by atoms with van der Waals surface area (Å²) < 4.78 is -4.29. The summed E-state index contributed by atoms with van der Waals surface area (Å²) in [4.78, 5) is 10.9. The lowest BCUT2D eigenvalue weighted by Gasteiger charge is -2.21. The molecule has 0 bridgehead atoms. The van der Waals surface area contributed by atoms with Crippen molar-refractivity contribution in [3.8, 4) is 0 Å². The molecule has 0 aromatic rings. The topological polar surface area (TPSA) is 49.3 Å². The van der Waals surface area contributed by atoms with Gasteiger partial charge in [0.25, 0.3) is 9.70 Å². The second-order valence-electron chi connectivity index (χ2n) is 1.92. The molecule has 1 amide bonds. The average Bonchev–Trinajstić information content (AvgIpc) is 1.82. The van der Waals surface area contributed by atoms with Gasteiger partial charge in [-0.15, -0.1) is 0 Å². The van der Waals surface area contributed by atoms with E-state index in [0.29, 0.717) is 0 Å². The third-order valence-corrected chi connectivity index (χ3v) is 1.97. The van der Waals surface area contributed by atoms with Gasteiger partial charge in [0.15, 0.2) is 6.23 Å². The number of aliphatic hydroxyl groups excluding tert-OH is 1. The highest BCUT2D eigenvalue weighted by molar-refractivity contribution is 6.76. The van der Waals surface area contributed by atoms with Crippen LogP contribution in [0.15, 0.2) is 0 Å². The lowest BCUT2D eigenvalue weighted by molar-refractivity contribution is -0.123. The van der Waals surface area contributed by atoms with Crippen molar-refractivity contribution in [1.82, 2.24) is 5.32 Å². The number of alkyl halides is 6. The summed E-state index contributed by atoms with van der Waals surface area (Å²) in [5.74, 6) is -1.09. The number of hydrogen-bond acceptors (Lipinski definition) is 2. The molecular weight excluding hydrogens is 307 g/mol. The van der Waals surface area contributed by atoms with Crippen LogP contribution >= 0.6 is 69.6 Å². The molecule has 0 aromatic carbocycles. The molecule has 0 heterocycles. The first-order valence-electron chi connectivity index (χ1n) is 2.67. The van der Waals surface area contributed by atoms with Crippen LogP contribution in [0.1, 0.15) is 0 Å². The van der Waals surface area contributed by atoms with Crippen molar-refractivity contribution >= 4 is 75.5 Å². The number of aliphatic hydroxyl groups is 1. The summed E-state index contributed by atoms with van der Waals surface area (Å²) in [7, 11) is 0. The van der Waals surface area contributed by atoms with Gasteiger partial charge in [0.1, 0.15) is 0 Å². The molecule has 13 heavy (non-hydrogen) atoms. The first kappa shape index (κ1) is 14.2. The van der Waals surface area contributed by atoms with Gasteiger partial charge in [-0.3, -0.25) is 4.79 Å². The van der Waals surface area contributed by atoms with Crippen LogP contribution in [0.4, 0.5) is 0 Å². The van der Waals surface area contributed by atoms with Crippen LogP contribution in [0.2, 0.25) is 0 Å². The smallest absolute Gasteiger partial charge is 0.274 e. The second kappa shape index (κ2) is 4.79. The van der Waals surface area contributed by atoms with Crippen molar-refractivity contribution in [2.75, 3.05) is 0 Å². The molecule has 78 valence electrons. The van der Waals surface area contributed by atoms with E-state index in [1.165, 1.54) is 0 Å². The summed E-state index contributed by atoms with van der Waals surface area (Å²) in [6, 6.07) is 0. The summed E-state index contributed by atoms with van der Waals surface area (Å²) in [5.41, 5.74) is 0. The van der Waals surface area contributed by atoms with Crippen LogP contribution in [0.25, 0.3) is 0 Å². The molecule has 0 fully saturated rings. The Morgan fingerprint density at radius 3 is 1.77 bits per heavy atom. The predicted molar refractivity (Wildman–Crippen MR) is 54.7 cm³/mol. The number of rotatable bonds is 1. The maximum absolute atomic E-state index is 10.9. The second-order valence-corrected chi connectivity index (χ2v) is 6.57. The minimum absolute atomic E-state index is 1.09. The third kappa shape index (κ3) is 5.57. The minimum Gasteiger partial charge on any atom is -0.369 e. The van der Waals surface area contributed by atoms with Gasteiger partial charge in [-0.05, 0) is 0 Å². The predicted octanol–water partition coefficient (Wildman–Crippen LogP) is 2.16. The Kier molecular flexibility index (Phi) is 5.23. The Balaban J connectivity index is 4.24. The first-order chi connectivity index (χ1) is 5.55. The summed E-state index contributed by atoms with van der Waals surface area (Å²) in [6.07, 6.45) is -1.75. The Labute approximate surface area is 104 Å². The molecular formula is C4H3Cl6NO2.